The van der Waals surface area contributed by atoms with Crippen LogP contribution in [0.4, 0.5) is 23.7 Å². The average molecular weight is 533 g/mol. The van der Waals surface area contributed by atoms with Crippen LogP contribution in [0.25, 0.3) is 5.57 Å². The van der Waals surface area contributed by atoms with Gasteiger partial charge in [0.2, 0.25) is 0 Å². The Morgan fingerprint density at radius 2 is 2.00 bits per heavy atom. The topological polar surface area (TPSA) is 85.7 Å². The maximum atomic E-state index is 12.6. The molecule has 0 bridgehead atoms. The fourth-order valence-electron chi connectivity index (χ4n) is 2.99. The van der Waals surface area contributed by atoms with E-state index in [1.54, 1.807) is 11.0 Å². The zero-order valence-electron chi connectivity index (χ0n) is 15.7. The summed E-state index contributed by atoms with van der Waals surface area (Å²) in [5, 5.41) is 21.4. The number of nitrogens with one attached hydrogen (secondary N) is 1. The Kier molecular flexibility index (Phi) is 6.98. The largest absolute Gasteiger partial charge is 0.416 e. The Hall–Kier alpha value is -2.18. The number of benzene rings is 1. The lowest BCUT2D eigenvalue weighted by molar-refractivity contribution is -0.137. The zero-order valence-corrected chi connectivity index (χ0v) is 17.8. The second-order valence-corrected chi connectivity index (χ2v) is 7.89. The van der Waals surface area contributed by atoms with Crippen molar-refractivity contribution in [2.45, 2.75) is 18.7 Å². The molecule has 3 rings (SSSR count). The summed E-state index contributed by atoms with van der Waals surface area (Å²) >= 11 is 2.11. The third kappa shape index (κ3) is 5.29. The highest BCUT2D eigenvalue weighted by atomic mass is 127. The van der Waals surface area contributed by atoms with E-state index in [1.807, 2.05) is 6.08 Å². The summed E-state index contributed by atoms with van der Waals surface area (Å²) in [5.41, 5.74) is 1.76. The van der Waals surface area contributed by atoms with Crippen molar-refractivity contribution in [1.29, 1.82) is 0 Å². The van der Waals surface area contributed by atoms with Crippen molar-refractivity contribution in [2.75, 3.05) is 25.0 Å². The number of rotatable bonds is 4. The summed E-state index contributed by atoms with van der Waals surface area (Å²) in [6, 6.07) is 5.66. The fourth-order valence-corrected chi connectivity index (χ4v) is 3.84. The van der Waals surface area contributed by atoms with Crippen molar-refractivity contribution in [3.8, 4) is 0 Å². The van der Waals surface area contributed by atoms with Gasteiger partial charge in [0.05, 0.1) is 17.9 Å². The number of carbonyl (C=O) groups excluding carboxylic acids is 1. The minimum Gasteiger partial charge on any atom is -0.393 e. The number of aliphatic hydroxyl groups is 2. The van der Waals surface area contributed by atoms with Gasteiger partial charge >= 0.3 is 12.2 Å². The zero-order chi connectivity index (χ0) is 21.9. The highest BCUT2D eigenvalue weighted by Gasteiger charge is 2.30. The molecule has 6 nitrogen and oxygen atoms in total. The molecular formula is C20H19F3IN3O3. The Morgan fingerprint density at radius 1 is 1.30 bits per heavy atom. The Balaban J connectivity index is 1.63. The van der Waals surface area contributed by atoms with E-state index in [0.29, 0.717) is 25.1 Å². The lowest BCUT2D eigenvalue weighted by Crippen LogP contribution is -2.38. The van der Waals surface area contributed by atoms with Gasteiger partial charge in [-0.25, -0.2) is 4.79 Å². The number of amides is 2. The number of pyridine rings is 1. The molecule has 3 N–H and O–H groups in total. The van der Waals surface area contributed by atoms with Crippen LogP contribution in [0.1, 0.15) is 29.3 Å². The molecule has 1 aliphatic rings. The van der Waals surface area contributed by atoms with Gasteiger partial charge in [-0.15, -0.1) is 0 Å². The van der Waals surface area contributed by atoms with Gasteiger partial charge in [-0.1, -0.05) is 6.08 Å². The molecule has 10 heteroatoms. The molecule has 2 amide bonds. The van der Waals surface area contributed by atoms with Crippen molar-refractivity contribution >= 4 is 39.9 Å². The monoisotopic (exact) mass is 533 g/mol. The van der Waals surface area contributed by atoms with E-state index in [-0.39, 0.29) is 12.3 Å². The van der Waals surface area contributed by atoms with E-state index < -0.39 is 23.9 Å². The molecule has 2 aromatic rings. The Morgan fingerprint density at radius 3 is 2.53 bits per heavy atom. The average Bonchev–Trinajstić information content (AvgIpc) is 2.73. The van der Waals surface area contributed by atoms with Crippen LogP contribution in [0.15, 0.2) is 42.6 Å². The number of hydrogen-bond donors (Lipinski definition) is 3. The number of nitrogens with zero attached hydrogens (tertiary/aromatic N) is 2. The van der Waals surface area contributed by atoms with E-state index in [4.69, 9.17) is 5.11 Å². The molecule has 0 saturated carbocycles. The molecular weight excluding hydrogens is 514 g/mol. The van der Waals surface area contributed by atoms with E-state index in [2.05, 4.69) is 32.9 Å². The van der Waals surface area contributed by atoms with Gasteiger partial charge in [0.15, 0.2) is 0 Å². The van der Waals surface area contributed by atoms with Gasteiger partial charge in [-0.05, 0) is 64.9 Å². The smallest absolute Gasteiger partial charge is 0.393 e. The first-order chi connectivity index (χ1) is 14.2. The fraction of sp³-hybridized carbons (Fsp3) is 0.300. The lowest BCUT2D eigenvalue weighted by Gasteiger charge is -2.27. The first-order valence-corrected chi connectivity index (χ1v) is 10.1. The molecule has 160 valence electrons. The van der Waals surface area contributed by atoms with Gasteiger partial charge in [-0.3, -0.25) is 4.98 Å². The molecule has 1 aromatic heterocycles. The Bertz CT molecular complexity index is 949. The first kappa shape index (κ1) is 22.5. The second kappa shape index (κ2) is 9.31. The van der Waals surface area contributed by atoms with Crippen molar-refractivity contribution < 1.29 is 28.2 Å². The highest BCUT2D eigenvalue weighted by Crippen LogP contribution is 2.30. The number of carbonyl (C=O) groups is 1. The summed E-state index contributed by atoms with van der Waals surface area (Å²) in [5.74, 6) is 0. The molecule has 1 aliphatic heterocycles. The van der Waals surface area contributed by atoms with Gasteiger partial charge in [-0.2, -0.15) is 13.2 Å². The number of alkyl halides is 3. The summed E-state index contributed by atoms with van der Waals surface area (Å²) in [4.78, 5) is 18.3. The number of urea groups is 1. The second-order valence-electron chi connectivity index (χ2n) is 6.73. The molecule has 30 heavy (non-hydrogen) atoms. The maximum Gasteiger partial charge on any atom is 0.416 e. The van der Waals surface area contributed by atoms with E-state index in [9.17, 15) is 23.1 Å². The SMILES string of the molecule is O=C(Nc1ccc(C(F)(F)F)cc1)N1CC=C(c2ncc([C@H](O)CO)cc2I)CC1. The molecule has 0 fully saturated rings. The number of aromatic nitrogens is 1. The van der Waals surface area contributed by atoms with Crippen molar-refractivity contribution in [3.63, 3.8) is 0 Å². The number of anilines is 1. The minimum absolute atomic E-state index is 0.289. The predicted octanol–water partition coefficient (Wildman–Crippen LogP) is 4.05. The molecule has 0 aliphatic carbocycles. The van der Waals surface area contributed by atoms with E-state index >= 15 is 0 Å². The van der Waals surface area contributed by atoms with Crippen molar-refractivity contribution in [3.05, 3.63) is 63.0 Å². The van der Waals surface area contributed by atoms with Crippen LogP contribution in [-0.4, -0.2) is 45.8 Å². The van der Waals surface area contributed by atoms with Crippen LogP contribution in [0, 0.1) is 3.57 Å². The van der Waals surface area contributed by atoms with Gasteiger partial charge < -0.3 is 20.4 Å². The Labute approximate surface area is 184 Å². The van der Waals surface area contributed by atoms with E-state index in [1.165, 1.54) is 18.3 Å². The molecule has 2 heterocycles. The summed E-state index contributed by atoms with van der Waals surface area (Å²) in [7, 11) is 0. The molecule has 1 atom stereocenters. The third-order valence-electron chi connectivity index (χ3n) is 4.68. The summed E-state index contributed by atoms with van der Waals surface area (Å²) < 4.78 is 38.7. The van der Waals surface area contributed by atoms with Gasteiger partial charge in [0.1, 0.15) is 6.10 Å². The van der Waals surface area contributed by atoms with Crippen LogP contribution in [0.2, 0.25) is 0 Å². The highest BCUT2D eigenvalue weighted by molar-refractivity contribution is 14.1. The number of aliphatic hydroxyl groups excluding tert-OH is 2. The molecule has 0 unspecified atom stereocenters. The van der Waals surface area contributed by atoms with Crippen LogP contribution in [0.5, 0.6) is 0 Å². The summed E-state index contributed by atoms with van der Waals surface area (Å²) in [6.45, 7) is 0.375. The van der Waals surface area contributed by atoms with Crippen LogP contribution < -0.4 is 5.32 Å². The lowest BCUT2D eigenvalue weighted by atomic mass is 10.0. The maximum absolute atomic E-state index is 12.6. The van der Waals surface area contributed by atoms with Gasteiger partial charge in [0.25, 0.3) is 0 Å². The quantitative estimate of drug-likeness (QED) is 0.518. The summed E-state index contributed by atoms with van der Waals surface area (Å²) in [6.07, 6.45) is -1.45. The number of hydrogen-bond acceptors (Lipinski definition) is 4. The normalized spacial score (nSPS) is 15.5. The standard InChI is InChI=1S/C20H19F3IN3O3/c21-20(22,23)14-1-3-15(4-2-14)26-19(30)27-7-5-12(6-8-27)18-16(24)9-13(10-25-18)17(29)11-28/h1-5,9-10,17,28-29H,6-8,11H2,(H,26,30)/t17-/m1/s1. The van der Waals surface area contributed by atoms with Crippen LogP contribution >= 0.6 is 22.6 Å². The van der Waals surface area contributed by atoms with Crippen LogP contribution in [-0.2, 0) is 6.18 Å². The minimum atomic E-state index is -4.42. The predicted molar refractivity (Wildman–Crippen MR) is 114 cm³/mol. The molecule has 1 aromatic carbocycles. The molecule has 0 saturated heterocycles. The molecule has 0 radical (unpaired) electrons. The first-order valence-electron chi connectivity index (χ1n) is 9.06. The third-order valence-corrected chi connectivity index (χ3v) is 5.51. The van der Waals surface area contributed by atoms with Crippen molar-refractivity contribution in [2.24, 2.45) is 0 Å². The number of halogens is 4. The van der Waals surface area contributed by atoms with Crippen molar-refractivity contribution in [1.82, 2.24) is 9.88 Å². The van der Waals surface area contributed by atoms with E-state index in [0.717, 1.165) is 27.0 Å². The molecule has 0 spiro atoms. The van der Waals surface area contributed by atoms with Crippen LogP contribution in [0.3, 0.4) is 0 Å². The van der Waals surface area contributed by atoms with Gasteiger partial charge in [0, 0.05) is 34.1 Å².